The van der Waals surface area contributed by atoms with Crippen LogP contribution >= 0.6 is 0 Å². The second-order valence-electron chi connectivity index (χ2n) is 12.2. The minimum atomic E-state index is -1.30. The van der Waals surface area contributed by atoms with Crippen LogP contribution in [0, 0.1) is 40.4 Å². The highest BCUT2D eigenvalue weighted by Gasteiger charge is 2.69. The van der Waals surface area contributed by atoms with Gasteiger partial charge in [0.05, 0.1) is 30.3 Å². The molecule has 0 radical (unpaired) electrons. The third-order valence-electron chi connectivity index (χ3n) is 10.8. The molecular formula is C26H42NO6-. The predicted molar refractivity (Wildman–Crippen MR) is 120 cm³/mol. The monoisotopic (exact) mass is 464 g/mol. The number of aliphatic hydroxyl groups is 3. The Kier molecular flexibility index (Phi) is 6.64. The molecule has 1 amide bonds. The number of hydrogen-bond acceptors (Lipinski definition) is 6. The number of rotatable bonds is 6. The Bertz CT molecular complexity index is 774. The van der Waals surface area contributed by atoms with Gasteiger partial charge >= 0.3 is 0 Å². The van der Waals surface area contributed by atoms with Crippen molar-refractivity contribution in [1.29, 1.82) is 0 Å². The Morgan fingerprint density at radius 3 is 2.48 bits per heavy atom. The van der Waals surface area contributed by atoms with Crippen LogP contribution < -0.4 is 10.4 Å². The molecule has 10 atom stereocenters. The molecule has 7 nitrogen and oxygen atoms in total. The van der Waals surface area contributed by atoms with Crippen LogP contribution in [0.25, 0.3) is 0 Å². The van der Waals surface area contributed by atoms with Crippen LogP contribution in [0.4, 0.5) is 0 Å². The summed E-state index contributed by atoms with van der Waals surface area (Å²) in [6.45, 7) is 6.09. The first-order valence-electron chi connectivity index (χ1n) is 13.0. The van der Waals surface area contributed by atoms with Gasteiger partial charge in [0.25, 0.3) is 0 Å². The maximum Gasteiger partial charge on any atom is 0.220 e. The average molecular weight is 465 g/mol. The molecule has 4 aliphatic rings. The van der Waals surface area contributed by atoms with Crippen LogP contribution in [0.15, 0.2) is 0 Å². The van der Waals surface area contributed by atoms with Gasteiger partial charge in [0, 0.05) is 11.8 Å². The van der Waals surface area contributed by atoms with Gasteiger partial charge in [-0.05, 0) is 92.8 Å². The first kappa shape index (κ1) is 24.9. The van der Waals surface area contributed by atoms with Crippen LogP contribution in [0.1, 0.15) is 85.0 Å². The first-order chi connectivity index (χ1) is 15.4. The van der Waals surface area contributed by atoms with Gasteiger partial charge in [0.2, 0.25) is 5.91 Å². The summed E-state index contributed by atoms with van der Waals surface area (Å²) >= 11 is 0. The van der Waals surface area contributed by atoms with Crippen molar-refractivity contribution in [3.05, 3.63) is 0 Å². The van der Waals surface area contributed by atoms with Gasteiger partial charge in [-0.3, -0.25) is 4.79 Å². The summed E-state index contributed by atoms with van der Waals surface area (Å²) in [6.07, 6.45) is 6.69. The molecule has 4 aliphatic carbocycles. The van der Waals surface area contributed by atoms with Gasteiger partial charge in [0.15, 0.2) is 0 Å². The summed E-state index contributed by atoms with van der Waals surface area (Å²) in [4.78, 5) is 22.6. The Morgan fingerprint density at radius 1 is 1.06 bits per heavy atom. The van der Waals surface area contributed by atoms with E-state index < -0.39 is 29.6 Å². The van der Waals surface area contributed by atoms with E-state index in [-0.39, 0.29) is 47.5 Å². The van der Waals surface area contributed by atoms with E-state index in [2.05, 4.69) is 26.1 Å². The topological polar surface area (TPSA) is 130 Å². The molecule has 0 aromatic carbocycles. The summed E-state index contributed by atoms with van der Waals surface area (Å²) in [5.74, 6) is -0.725. The van der Waals surface area contributed by atoms with Crippen LogP contribution in [0.2, 0.25) is 0 Å². The molecule has 4 N–H and O–H groups in total. The number of nitrogens with one attached hydrogen (secondary N) is 1. The fourth-order valence-electron chi connectivity index (χ4n) is 9.03. The van der Waals surface area contributed by atoms with Crippen molar-refractivity contribution >= 4 is 11.9 Å². The van der Waals surface area contributed by atoms with Crippen LogP contribution in [-0.4, -0.2) is 51.5 Å². The van der Waals surface area contributed by atoms with E-state index in [0.29, 0.717) is 18.8 Å². The van der Waals surface area contributed by atoms with Crippen LogP contribution in [0.5, 0.6) is 0 Å². The molecule has 4 saturated carbocycles. The van der Waals surface area contributed by atoms with E-state index >= 15 is 0 Å². The molecule has 0 aliphatic heterocycles. The number of amides is 1. The SMILES string of the molecule is C[C@H](CCC(=O)NCC(=O)[O-])[C@@H]1CC[C@H]2[C@@]3(O)CC[C@H]4C[C@H](O)CC[C@]4(C)[C@@H]3C[C@H](O)[C@]12C. The predicted octanol–water partition coefficient (Wildman–Crippen LogP) is 1.37. The maximum absolute atomic E-state index is 12.3. The van der Waals surface area contributed by atoms with Crippen molar-refractivity contribution in [2.75, 3.05) is 6.54 Å². The van der Waals surface area contributed by atoms with Gasteiger partial charge < -0.3 is 30.5 Å². The standard InChI is InChI=1S/C26H43NO6/c1-15(4-7-22(30)27-14-23(31)32)18-5-6-19-25(18,3)21(29)13-20-24(2)10-9-17(28)12-16(24)8-11-26(19,20)33/h15-21,28-29,33H,4-14H2,1-3H3,(H,27,30)(H,31,32)/p-1/t15-,16+,17-,18+,19-,20+,21+,24+,25-,26+/m1/s1. The molecule has 0 spiro atoms. The quantitative estimate of drug-likeness (QED) is 0.470. The molecule has 33 heavy (non-hydrogen) atoms. The summed E-state index contributed by atoms with van der Waals surface area (Å²) in [6, 6.07) is 0. The van der Waals surface area contributed by atoms with E-state index in [1.165, 1.54) is 0 Å². The molecule has 188 valence electrons. The summed E-state index contributed by atoms with van der Waals surface area (Å²) in [5, 5.41) is 47.0. The Labute approximate surface area is 197 Å². The molecule has 0 aromatic rings. The summed E-state index contributed by atoms with van der Waals surface area (Å²) in [5.41, 5.74) is -1.24. The fourth-order valence-corrected chi connectivity index (χ4v) is 9.03. The third-order valence-corrected chi connectivity index (χ3v) is 10.8. The number of carboxylic acids is 1. The first-order valence-corrected chi connectivity index (χ1v) is 13.0. The molecule has 7 heteroatoms. The number of aliphatic hydroxyl groups excluding tert-OH is 2. The second-order valence-corrected chi connectivity index (χ2v) is 12.2. The maximum atomic E-state index is 12.3. The molecule has 0 heterocycles. The largest absolute Gasteiger partial charge is 0.548 e. The van der Waals surface area contributed by atoms with Gasteiger partial charge in [-0.25, -0.2) is 0 Å². The Morgan fingerprint density at radius 2 is 1.79 bits per heavy atom. The smallest absolute Gasteiger partial charge is 0.220 e. The number of carboxylic acid groups (broad SMARTS) is 1. The van der Waals surface area contributed by atoms with E-state index in [1.54, 1.807) is 0 Å². The third kappa shape index (κ3) is 4.02. The molecule has 0 saturated heterocycles. The lowest BCUT2D eigenvalue weighted by Gasteiger charge is -2.65. The highest BCUT2D eigenvalue weighted by atomic mass is 16.4. The van der Waals surface area contributed by atoms with Crippen molar-refractivity contribution in [2.24, 2.45) is 40.4 Å². The van der Waals surface area contributed by atoms with Crippen molar-refractivity contribution in [3.63, 3.8) is 0 Å². The Hall–Kier alpha value is -1.18. The minimum Gasteiger partial charge on any atom is -0.548 e. The van der Waals surface area contributed by atoms with E-state index in [0.717, 1.165) is 44.9 Å². The normalized spacial score (nSPS) is 47.7. The van der Waals surface area contributed by atoms with Gasteiger partial charge in [0.1, 0.15) is 0 Å². The lowest BCUT2D eigenvalue weighted by Crippen LogP contribution is -2.67. The lowest BCUT2D eigenvalue weighted by atomic mass is 9.42. The highest BCUT2D eigenvalue weighted by molar-refractivity contribution is 5.80. The van der Waals surface area contributed by atoms with E-state index in [9.17, 15) is 30.0 Å². The van der Waals surface area contributed by atoms with Crippen molar-refractivity contribution < 1.29 is 30.0 Å². The molecule has 4 fully saturated rings. The second kappa shape index (κ2) is 8.80. The summed E-state index contributed by atoms with van der Waals surface area (Å²) in [7, 11) is 0. The molecular weight excluding hydrogens is 422 g/mol. The molecule has 0 bridgehead atoms. The minimum absolute atomic E-state index is 0.0303. The molecule has 0 unspecified atom stereocenters. The van der Waals surface area contributed by atoms with Crippen LogP contribution in [-0.2, 0) is 9.59 Å². The van der Waals surface area contributed by atoms with Gasteiger partial charge in [-0.1, -0.05) is 20.8 Å². The zero-order chi connectivity index (χ0) is 24.2. The zero-order valence-corrected chi connectivity index (χ0v) is 20.4. The Balaban J connectivity index is 1.50. The fraction of sp³-hybridized carbons (Fsp3) is 0.923. The van der Waals surface area contributed by atoms with Gasteiger partial charge in [-0.15, -0.1) is 0 Å². The number of carbonyl (C=O) groups is 2. The number of aliphatic carboxylic acids is 1. The van der Waals surface area contributed by atoms with Crippen molar-refractivity contribution in [3.8, 4) is 0 Å². The zero-order valence-electron chi connectivity index (χ0n) is 20.4. The van der Waals surface area contributed by atoms with Crippen LogP contribution in [0.3, 0.4) is 0 Å². The van der Waals surface area contributed by atoms with Crippen molar-refractivity contribution in [1.82, 2.24) is 5.32 Å². The number of hydrogen-bond donors (Lipinski definition) is 4. The van der Waals surface area contributed by atoms with Gasteiger partial charge in [-0.2, -0.15) is 0 Å². The lowest BCUT2D eigenvalue weighted by molar-refractivity contribution is -0.304. The number of carbonyl (C=O) groups excluding carboxylic acids is 2. The van der Waals surface area contributed by atoms with E-state index in [1.807, 2.05) is 0 Å². The number of fused-ring (bicyclic) bond motifs is 5. The molecule has 4 rings (SSSR count). The molecule has 0 aromatic heterocycles. The van der Waals surface area contributed by atoms with Crippen molar-refractivity contribution in [2.45, 2.75) is 103 Å². The van der Waals surface area contributed by atoms with E-state index in [4.69, 9.17) is 0 Å². The highest BCUT2D eigenvalue weighted by Crippen LogP contribution is 2.69. The average Bonchev–Trinajstić information content (AvgIpc) is 3.13. The summed E-state index contributed by atoms with van der Waals surface area (Å²) < 4.78 is 0.